The molecule has 1 saturated heterocycles. The largest absolute Gasteiger partial charge is 0.320 e. The Balaban J connectivity index is 1.54. The van der Waals surface area contributed by atoms with Gasteiger partial charge in [-0.3, -0.25) is 4.79 Å². The van der Waals surface area contributed by atoms with Gasteiger partial charge < -0.3 is 5.32 Å². The summed E-state index contributed by atoms with van der Waals surface area (Å²) < 4.78 is 40.7. The van der Waals surface area contributed by atoms with Crippen molar-refractivity contribution in [3.63, 3.8) is 0 Å². The second-order valence-electron chi connectivity index (χ2n) is 6.12. The molecule has 3 aromatic rings. The van der Waals surface area contributed by atoms with E-state index in [9.17, 15) is 17.6 Å². The van der Waals surface area contributed by atoms with Crippen molar-refractivity contribution in [3.05, 3.63) is 57.6 Å². The summed E-state index contributed by atoms with van der Waals surface area (Å²) in [7, 11) is -3.61. The third-order valence-electron chi connectivity index (χ3n) is 4.26. The molecule has 7 nitrogen and oxygen atoms in total. The van der Waals surface area contributed by atoms with Crippen LogP contribution in [-0.2, 0) is 10.0 Å². The lowest BCUT2D eigenvalue weighted by molar-refractivity contribution is 0.102. The lowest BCUT2D eigenvalue weighted by Crippen LogP contribution is -2.30. The Labute approximate surface area is 168 Å². The SMILES string of the molecule is O=C(Nc1cccc(F)c1)c1nnc([C@H]2CCCN2S(=O)(=O)c2cccs2)s1. The number of hydrogen-bond acceptors (Lipinski definition) is 7. The molecule has 1 N–H and O–H groups in total. The third-order valence-corrected chi connectivity index (χ3v) is 8.57. The molecule has 0 radical (unpaired) electrons. The molecule has 11 heteroatoms. The summed E-state index contributed by atoms with van der Waals surface area (Å²) in [5, 5.41) is 12.8. The molecule has 4 rings (SSSR count). The second-order valence-corrected chi connectivity index (χ2v) is 10.2. The van der Waals surface area contributed by atoms with E-state index in [2.05, 4.69) is 15.5 Å². The van der Waals surface area contributed by atoms with Crippen molar-refractivity contribution >= 4 is 44.3 Å². The lowest BCUT2D eigenvalue weighted by atomic mass is 10.2. The number of sulfonamides is 1. The first-order chi connectivity index (χ1) is 13.4. The Morgan fingerprint density at radius 1 is 1.25 bits per heavy atom. The highest BCUT2D eigenvalue weighted by atomic mass is 32.2. The third kappa shape index (κ3) is 3.70. The van der Waals surface area contributed by atoms with E-state index < -0.39 is 27.8 Å². The van der Waals surface area contributed by atoms with Gasteiger partial charge >= 0.3 is 0 Å². The van der Waals surface area contributed by atoms with E-state index in [0.29, 0.717) is 30.1 Å². The topological polar surface area (TPSA) is 92.3 Å². The van der Waals surface area contributed by atoms with E-state index in [1.165, 1.54) is 33.8 Å². The maximum Gasteiger partial charge on any atom is 0.286 e. The Morgan fingerprint density at radius 3 is 2.86 bits per heavy atom. The summed E-state index contributed by atoms with van der Waals surface area (Å²) in [6.45, 7) is 0.398. The van der Waals surface area contributed by atoms with Crippen molar-refractivity contribution < 1.29 is 17.6 Å². The number of anilines is 1. The summed E-state index contributed by atoms with van der Waals surface area (Å²) in [6, 6.07) is 8.36. The highest BCUT2D eigenvalue weighted by Gasteiger charge is 2.38. The number of benzene rings is 1. The molecule has 2 aromatic heterocycles. The average molecular weight is 439 g/mol. The maximum absolute atomic E-state index is 13.3. The predicted octanol–water partition coefficient (Wildman–Crippen LogP) is 3.52. The number of rotatable bonds is 5. The van der Waals surface area contributed by atoms with Crippen LogP contribution in [0.2, 0.25) is 0 Å². The van der Waals surface area contributed by atoms with Gasteiger partial charge in [0, 0.05) is 12.2 Å². The van der Waals surface area contributed by atoms with Crippen LogP contribution in [0.15, 0.2) is 46.0 Å². The number of hydrogen-bond donors (Lipinski definition) is 1. The minimum atomic E-state index is -3.61. The monoisotopic (exact) mass is 438 g/mol. The van der Waals surface area contributed by atoms with Gasteiger partial charge in [0.25, 0.3) is 15.9 Å². The Morgan fingerprint density at radius 2 is 2.11 bits per heavy atom. The van der Waals surface area contributed by atoms with Crippen molar-refractivity contribution in [2.75, 3.05) is 11.9 Å². The molecule has 0 saturated carbocycles. The molecule has 0 unspecified atom stereocenters. The summed E-state index contributed by atoms with van der Waals surface area (Å²) in [5.41, 5.74) is 0.310. The van der Waals surface area contributed by atoms with E-state index in [-0.39, 0.29) is 9.22 Å². The Kier molecular flexibility index (Phi) is 5.23. The fraction of sp³-hybridized carbons (Fsp3) is 0.235. The van der Waals surface area contributed by atoms with E-state index in [1.807, 2.05) is 0 Å². The molecule has 1 aromatic carbocycles. The first-order valence-corrected chi connectivity index (χ1v) is 11.5. The molecule has 0 spiro atoms. The number of amides is 1. The van der Waals surface area contributed by atoms with Crippen LogP contribution in [0.1, 0.15) is 33.7 Å². The predicted molar refractivity (Wildman–Crippen MR) is 104 cm³/mol. The van der Waals surface area contributed by atoms with Gasteiger partial charge in [-0.15, -0.1) is 21.5 Å². The first kappa shape index (κ1) is 19.1. The molecule has 1 aliphatic heterocycles. The van der Waals surface area contributed by atoms with Crippen molar-refractivity contribution in [2.45, 2.75) is 23.1 Å². The fourth-order valence-corrected chi connectivity index (χ4v) is 6.75. The fourth-order valence-electron chi connectivity index (χ4n) is 3.01. The number of nitrogens with one attached hydrogen (secondary N) is 1. The zero-order valence-corrected chi connectivity index (χ0v) is 16.9. The molecule has 0 bridgehead atoms. The zero-order chi connectivity index (χ0) is 19.7. The van der Waals surface area contributed by atoms with Crippen LogP contribution in [0, 0.1) is 5.82 Å². The molecule has 3 heterocycles. The van der Waals surface area contributed by atoms with E-state index in [0.717, 1.165) is 11.3 Å². The van der Waals surface area contributed by atoms with Crippen LogP contribution >= 0.6 is 22.7 Å². The zero-order valence-electron chi connectivity index (χ0n) is 14.4. The minimum absolute atomic E-state index is 0.0969. The summed E-state index contributed by atoms with van der Waals surface area (Å²) in [4.78, 5) is 12.4. The number of carbonyl (C=O) groups excluding carboxylic acids is 1. The van der Waals surface area contributed by atoms with Crippen molar-refractivity contribution in [1.82, 2.24) is 14.5 Å². The van der Waals surface area contributed by atoms with Crippen LogP contribution in [0.4, 0.5) is 10.1 Å². The number of thiophene rings is 1. The van der Waals surface area contributed by atoms with Gasteiger partial charge in [0.1, 0.15) is 15.0 Å². The van der Waals surface area contributed by atoms with E-state index >= 15 is 0 Å². The molecular formula is C17H15FN4O3S3. The molecule has 1 atom stereocenters. The molecule has 1 aliphatic rings. The van der Waals surface area contributed by atoms with Gasteiger partial charge in [-0.05, 0) is 42.5 Å². The van der Waals surface area contributed by atoms with Gasteiger partial charge in [0.2, 0.25) is 5.01 Å². The molecule has 1 fully saturated rings. The molecular weight excluding hydrogens is 423 g/mol. The molecule has 1 amide bonds. The lowest BCUT2D eigenvalue weighted by Gasteiger charge is -2.21. The number of carbonyl (C=O) groups is 1. The van der Waals surface area contributed by atoms with E-state index in [4.69, 9.17) is 0 Å². The highest BCUT2D eigenvalue weighted by Crippen LogP contribution is 2.38. The minimum Gasteiger partial charge on any atom is -0.320 e. The van der Waals surface area contributed by atoms with E-state index in [1.54, 1.807) is 23.6 Å². The number of aromatic nitrogens is 2. The van der Waals surface area contributed by atoms with Gasteiger partial charge in [0.05, 0.1) is 6.04 Å². The van der Waals surface area contributed by atoms with Crippen LogP contribution in [-0.4, -0.2) is 35.4 Å². The summed E-state index contributed by atoms with van der Waals surface area (Å²) in [5.74, 6) is -0.976. The summed E-state index contributed by atoms with van der Waals surface area (Å²) in [6.07, 6.45) is 1.32. The quantitative estimate of drug-likeness (QED) is 0.658. The van der Waals surface area contributed by atoms with Crippen molar-refractivity contribution in [3.8, 4) is 0 Å². The van der Waals surface area contributed by atoms with Crippen LogP contribution in [0.5, 0.6) is 0 Å². The Bertz CT molecular complexity index is 1100. The highest BCUT2D eigenvalue weighted by molar-refractivity contribution is 7.91. The van der Waals surface area contributed by atoms with Crippen LogP contribution in [0.3, 0.4) is 0 Å². The number of halogens is 1. The van der Waals surface area contributed by atoms with Crippen molar-refractivity contribution in [1.29, 1.82) is 0 Å². The Hall–Kier alpha value is -2.21. The van der Waals surface area contributed by atoms with Gasteiger partial charge in [-0.2, -0.15) is 4.31 Å². The maximum atomic E-state index is 13.3. The van der Waals surface area contributed by atoms with Crippen LogP contribution in [0.25, 0.3) is 0 Å². The molecule has 146 valence electrons. The second kappa shape index (κ2) is 7.66. The van der Waals surface area contributed by atoms with Gasteiger partial charge in [-0.1, -0.05) is 23.5 Å². The normalized spacial score (nSPS) is 17.7. The van der Waals surface area contributed by atoms with Gasteiger partial charge in [0.15, 0.2) is 0 Å². The van der Waals surface area contributed by atoms with Gasteiger partial charge in [-0.25, -0.2) is 12.8 Å². The molecule has 0 aliphatic carbocycles. The average Bonchev–Trinajstić information content (AvgIpc) is 3.42. The van der Waals surface area contributed by atoms with Crippen molar-refractivity contribution in [2.24, 2.45) is 0 Å². The molecule has 28 heavy (non-hydrogen) atoms. The number of nitrogens with zero attached hydrogens (tertiary/aromatic N) is 3. The van der Waals surface area contributed by atoms with Crippen LogP contribution < -0.4 is 5.32 Å². The smallest absolute Gasteiger partial charge is 0.286 e. The summed E-state index contributed by atoms with van der Waals surface area (Å²) >= 11 is 2.22. The standard InChI is InChI=1S/C17H15FN4O3S3/c18-11-4-1-5-12(10-11)19-15(23)17-21-20-16(27-17)13-6-2-8-22(13)28(24,25)14-7-3-9-26-14/h1,3-5,7,9-10,13H,2,6,8H2,(H,19,23)/t13-/m1/s1. The first-order valence-electron chi connectivity index (χ1n) is 8.41.